The van der Waals surface area contributed by atoms with Gasteiger partial charge in [0.1, 0.15) is 5.69 Å². The fourth-order valence-corrected chi connectivity index (χ4v) is 3.17. The minimum atomic E-state index is 0.0579. The van der Waals surface area contributed by atoms with E-state index in [1.165, 1.54) is 5.56 Å². The number of piperidine rings is 1. The van der Waals surface area contributed by atoms with Crippen LogP contribution >= 0.6 is 0 Å². The Morgan fingerprint density at radius 2 is 1.92 bits per heavy atom. The maximum absolute atomic E-state index is 12.5. The van der Waals surface area contributed by atoms with E-state index in [4.69, 9.17) is 0 Å². The zero-order valence-electron chi connectivity index (χ0n) is 14.9. The number of carbonyl (C=O) groups excluding carboxylic acids is 1. The van der Waals surface area contributed by atoms with Crippen LogP contribution in [-0.4, -0.2) is 35.4 Å². The van der Waals surface area contributed by atoms with Crippen molar-refractivity contribution in [2.24, 2.45) is 5.92 Å². The average Bonchev–Trinajstić information content (AvgIpc) is 2.67. The van der Waals surface area contributed by atoms with Gasteiger partial charge in [0.05, 0.1) is 11.9 Å². The normalized spacial score (nSPS) is 15.2. The summed E-state index contributed by atoms with van der Waals surface area (Å²) < 4.78 is 0. The molecule has 0 radical (unpaired) electrons. The number of nitrogens with zero attached hydrogens (tertiary/aromatic N) is 2. The van der Waals surface area contributed by atoms with Crippen molar-refractivity contribution < 1.29 is 4.79 Å². The van der Waals surface area contributed by atoms with Gasteiger partial charge in [0.25, 0.3) is 5.91 Å². The van der Waals surface area contributed by atoms with E-state index >= 15 is 0 Å². The molecule has 1 aliphatic heterocycles. The average molecular weight is 337 g/mol. The van der Waals surface area contributed by atoms with Gasteiger partial charge in [-0.15, -0.1) is 0 Å². The number of pyridine rings is 1. The van der Waals surface area contributed by atoms with Crippen LogP contribution in [0.4, 0.5) is 5.69 Å². The molecule has 0 bridgehead atoms. The number of nitrogens with one attached hydrogen (secondary N) is 1. The smallest absolute Gasteiger partial charge is 0.272 e. The van der Waals surface area contributed by atoms with Gasteiger partial charge in [0.15, 0.2) is 0 Å². The highest BCUT2D eigenvalue weighted by Gasteiger charge is 2.22. The van der Waals surface area contributed by atoms with Gasteiger partial charge in [-0.2, -0.15) is 0 Å². The Labute approximate surface area is 150 Å². The van der Waals surface area contributed by atoms with Crippen molar-refractivity contribution in [2.75, 3.05) is 25.0 Å². The Bertz CT molecular complexity index is 661. The summed E-state index contributed by atoms with van der Waals surface area (Å²) in [4.78, 5) is 18.8. The van der Waals surface area contributed by atoms with E-state index in [-0.39, 0.29) is 5.91 Å². The Morgan fingerprint density at radius 3 is 2.60 bits per heavy atom. The largest absolute Gasteiger partial charge is 0.384 e. The first-order valence-electron chi connectivity index (χ1n) is 9.25. The Morgan fingerprint density at radius 1 is 1.16 bits per heavy atom. The summed E-state index contributed by atoms with van der Waals surface area (Å²) in [7, 11) is 0. The lowest BCUT2D eigenvalue weighted by Gasteiger charge is -2.30. The van der Waals surface area contributed by atoms with Crippen LogP contribution in [0.3, 0.4) is 0 Å². The molecule has 0 spiro atoms. The number of carbonyl (C=O) groups is 1. The highest BCUT2D eigenvalue weighted by Crippen LogP contribution is 2.18. The number of likely N-dealkylation sites (tertiary alicyclic amines) is 1. The van der Waals surface area contributed by atoms with Gasteiger partial charge in [-0.05, 0) is 49.3 Å². The van der Waals surface area contributed by atoms with Crippen LogP contribution in [-0.2, 0) is 6.42 Å². The van der Waals surface area contributed by atoms with Gasteiger partial charge in [-0.1, -0.05) is 37.3 Å². The molecule has 0 aliphatic carbocycles. The SMILES string of the molecule is CC1CCN(C(=O)c2ccc(NCCCc3ccccc3)cn2)CC1. The van der Waals surface area contributed by atoms with Crippen LogP contribution < -0.4 is 5.32 Å². The predicted octanol–water partition coefficient (Wildman–Crippen LogP) is 4.00. The number of amides is 1. The zero-order chi connectivity index (χ0) is 17.5. The molecule has 1 aliphatic rings. The molecule has 1 fully saturated rings. The maximum atomic E-state index is 12.5. The lowest BCUT2D eigenvalue weighted by Crippen LogP contribution is -2.38. The van der Waals surface area contributed by atoms with E-state index in [1.54, 1.807) is 6.20 Å². The lowest BCUT2D eigenvalue weighted by molar-refractivity contribution is 0.0691. The monoisotopic (exact) mass is 337 g/mol. The first kappa shape index (κ1) is 17.5. The third kappa shape index (κ3) is 5.05. The molecule has 3 rings (SSSR count). The van der Waals surface area contributed by atoms with Crippen LogP contribution in [0.5, 0.6) is 0 Å². The van der Waals surface area contributed by atoms with Crippen molar-refractivity contribution >= 4 is 11.6 Å². The summed E-state index contributed by atoms with van der Waals surface area (Å²) in [5.74, 6) is 0.780. The zero-order valence-corrected chi connectivity index (χ0v) is 14.9. The standard InChI is InChI=1S/C21H27N3O/c1-17-11-14-24(15-12-17)21(25)20-10-9-19(16-23-20)22-13-5-8-18-6-3-2-4-7-18/h2-4,6-7,9-10,16-17,22H,5,8,11-15H2,1H3. The van der Waals surface area contributed by atoms with Gasteiger partial charge < -0.3 is 10.2 Å². The molecule has 1 N–H and O–H groups in total. The highest BCUT2D eigenvalue weighted by atomic mass is 16.2. The van der Waals surface area contributed by atoms with Gasteiger partial charge in [0.2, 0.25) is 0 Å². The second-order valence-corrected chi connectivity index (χ2v) is 6.92. The minimum Gasteiger partial charge on any atom is -0.384 e. The predicted molar refractivity (Wildman–Crippen MR) is 102 cm³/mol. The summed E-state index contributed by atoms with van der Waals surface area (Å²) in [6.45, 7) is 4.84. The van der Waals surface area contributed by atoms with Crippen LogP contribution in [0, 0.1) is 5.92 Å². The van der Waals surface area contributed by atoms with Crippen molar-refractivity contribution in [3.05, 3.63) is 59.9 Å². The third-order valence-corrected chi connectivity index (χ3v) is 4.87. The fourth-order valence-electron chi connectivity index (χ4n) is 3.17. The number of aromatic nitrogens is 1. The fraction of sp³-hybridized carbons (Fsp3) is 0.429. The van der Waals surface area contributed by atoms with Crippen molar-refractivity contribution in [3.63, 3.8) is 0 Å². The molecule has 1 saturated heterocycles. The molecule has 0 unspecified atom stereocenters. The molecule has 132 valence electrons. The maximum Gasteiger partial charge on any atom is 0.272 e. The van der Waals surface area contributed by atoms with Crippen molar-refractivity contribution in [1.29, 1.82) is 0 Å². The van der Waals surface area contributed by atoms with E-state index in [2.05, 4.69) is 41.5 Å². The van der Waals surface area contributed by atoms with E-state index in [9.17, 15) is 4.79 Å². The third-order valence-electron chi connectivity index (χ3n) is 4.87. The summed E-state index contributed by atoms with van der Waals surface area (Å²) in [6.07, 6.45) is 6.07. The summed E-state index contributed by atoms with van der Waals surface area (Å²) >= 11 is 0. The molecule has 25 heavy (non-hydrogen) atoms. The Kier molecular flexibility index (Phi) is 6.04. The van der Waals surface area contributed by atoms with E-state index in [0.29, 0.717) is 5.69 Å². The number of anilines is 1. The van der Waals surface area contributed by atoms with Crippen LogP contribution in [0.1, 0.15) is 42.2 Å². The van der Waals surface area contributed by atoms with Crippen LogP contribution in [0.2, 0.25) is 0 Å². The molecule has 4 heteroatoms. The quantitative estimate of drug-likeness (QED) is 0.811. The first-order chi connectivity index (χ1) is 12.2. The number of hydrogen-bond acceptors (Lipinski definition) is 3. The minimum absolute atomic E-state index is 0.0579. The van der Waals surface area contributed by atoms with Crippen LogP contribution in [0.25, 0.3) is 0 Å². The van der Waals surface area contributed by atoms with Crippen molar-refractivity contribution in [2.45, 2.75) is 32.6 Å². The molecule has 1 aromatic heterocycles. The Balaban J connectivity index is 1.44. The topological polar surface area (TPSA) is 45.2 Å². The second-order valence-electron chi connectivity index (χ2n) is 6.92. The summed E-state index contributed by atoms with van der Waals surface area (Å²) in [5.41, 5.74) is 2.88. The molecule has 0 atom stereocenters. The second kappa shape index (κ2) is 8.65. The van der Waals surface area contributed by atoms with Gasteiger partial charge in [-0.3, -0.25) is 4.79 Å². The number of aryl methyl sites for hydroxylation is 1. The van der Waals surface area contributed by atoms with Gasteiger partial charge in [-0.25, -0.2) is 4.98 Å². The summed E-state index contributed by atoms with van der Waals surface area (Å²) in [5, 5.41) is 3.38. The molecule has 2 heterocycles. The number of hydrogen-bond donors (Lipinski definition) is 1. The molecule has 4 nitrogen and oxygen atoms in total. The van der Waals surface area contributed by atoms with Crippen molar-refractivity contribution in [3.8, 4) is 0 Å². The van der Waals surface area contributed by atoms with E-state index < -0.39 is 0 Å². The molecule has 2 aromatic rings. The molecule has 1 aromatic carbocycles. The first-order valence-corrected chi connectivity index (χ1v) is 9.25. The molecular weight excluding hydrogens is 310 g/mol. The summed E-state index contributed by atoms with van der Waals surface area (Å²) in [6, 6.07) is 14.3. The highest BCUT2D eigenvalue weighted by molar-refractivity contribution is 5.92. The lowest BCUT2D eigenvalue weighted by atomic mass is 9.99. The van der Waals surface area contributed by atoms with Gasteiger partial charge in [0, 0.05) is 19.6 Å². The van der Waals surface area contributed by atoms with E-state index in [0.717, 1.165) is 56.9 Å². The number of rotatable bonds is 6. The number of benzene rings is 1. The molecule has 1 amide bonds. The Hall–Kier alpha value is -2.36. The molecule has 0 saturated carbocycles. The van der Waals surface area contributed by atoms with E-state index in [1.807, 2.05) is 23.1 Å². The van der Waals surface area contributed by atoms with Crippen LogP contribution in [0.15, 0.2) is 48.7 Å². The molecular formula is C21H27N3O. The van der Waals surface area contributed by atoms with Crippen molar-refractivity contribution in [1.82, 2.24) is 9.88 Å². The van der Waals surface area contributed by atoms with Gasteiger partial charge >= 0.3 is 0 Å².